The maximum Gasteiger partial charge on any atom is 0.195 e. The summed E-state index contributed by atoms with van der Waals surface area (Å²) in [5.41, 5.74) is 0.0509. The molecule has 0 aliphatic rings. The summed E-state index contributed by atoms with van der Waals surface area (Å²) in [4.78, 5) is 13.1. The summed E-state index contributed by atoms with van der Waals surface area (Å²) >= 11 is 7.09. The second-order valence-electron chi connectivity index (χ2n) is 5.20. The van der Waals surface area contributed by atoms with Crippen LogP contribution >= 0.6 is 31.9 Å². The van der Waals surface area contributed by atoms with Gasteiger partial charge in [-0.05, 0) is 59.5 Å². The van der Waals surface area contributed by atoms with E-state index in [9.17, 15) is 4.79 Å². The highest BCUT2D eigenvalue weighted by Crippen LogP contribution is 2.34. The highest BCUT2D eigenvalue weighted by molar-refractivity contribution is 9.13. The number of hydrogen-bond donors (Lipinski definition) is 0. The molecule has 0 heterocycles. The number of fused-ring (bicyclic) bond motifs is 5. The molecule has 22 heavy (non-hydrogen) atoms. The fraction of sp³-hybridized carbons (Fsp3) is 0. The molecule has 0 aliphatic carbocycles. The molecule has 0 amide bonds. The minimum Gasteiger partial charge on any atom is -0.289 e. The van der Waals surface area contributed by atoms with Crippen molar-refractivity contribution in [2.75, 3.05) is 0 Å². The maximum atomic E-state index is 13.1. The molecule has 0 unspecified atom stereocenters. The lowest BCUT2D eigenvalue weighted by Gasteiger charge is -2.01. The summed E-state index contributed by atoms with van der Waals surface area (Å²) in [6, 6.07) is 20.0. The third-order valence-corrected chi connectivity index (χ3v) is 6.02. The van der Waals surface area contributed by atoms with Gasteiger partial charge in [0.25, 0.3) is 0 Å². The van der Waals surface area contributed by atoms with Crippen LogP contribution in [0.2, 0.25) is 0 Å². The van der Waals surface area contributed by atoms with Crippen LogP contribution < -0.4 is 5.43 Å². The van der Waals surface area contributed by atoms with Crippen LogP contribution in [0.4, 0.5) is 0 Å². The molecule has 4 aromatic rings. The van der Waals surface area contributed by atoms with Crippen molar-refractivity contribution in [3.8, 4) is 0 Å². The molecule has 0 fully saturated rings. The van der Waals surface area contributed by atoms with Crippen LogP contribution in [0.5, 0.6) is 0 Å². The Hall–Kier alpha value is -1.71. The molecule has 0 spiro atoms. The Morgan fingerprint density at radius 2 is 1.09 bits per heavy atom. The van der Waals surface area contributed by atoms with E-state index < -0.39 is 0 Å². The van der Waals surface area contributed by atoms with Gasteiger partial charge in [0.1, 0.15) is 0 Å². The molecule has 0 saturated heterocycles. The van der Waals surface area contributed by atoms with Crippen molar-refractivity contribution >= 4 is 64.2 Å². The zero-order valence-electron chi connectivity index (χ0n) is 11.4. The van der Waals surface area contributed by atoms with Crippen molar-refractivity contribution in [3.05, 3.63) is 79.8 Å². The van der Waals surface area contributed by atoms with Crippen LogP contribution in [0.15, 0.2) is 74.4 Å². The first-order valence-electron chi connectivity index (χ1n) is 6.90. The quantitative estimate of drug-likeness (QED) is 0.344. The van der Waals surface area contributed by atoms with Crippen LogP contribution in [0.3, 0.4) is 0 Å². The predicted molar refractivity (Wildman–Crippen MR) is 101 cm³/mol. The Bertz CT molecular complexity index is 1120. The van der Waals surface area contributed by atoms with Crippen molar-refractivity contribution in [2.45, 2.75) is 0 Å². The zero-order valence-corrected chi connectivity index (χ0v) is 14.6. The van der Waals surface area contributed by atoms with Gasteiger partial charge in [-0.25, -0.2) is 0 Å². The van der Waals surface area contributed by atoms with Gasteiger partial charge >= 0.3 is 0 Å². The number of rotatable bonds is 0. The van der Waals surface area contributed by atoms with E-state index in [2.05, 4.69) is 44.0 Å². The van der Waals surface area contributed by atoms with Gasteiger partial charge < -0.3 is 0 Å². The van der Waals surface area contributed by atoms with Crippen molar-refractivity contribution < 1.29 is 0 Å². The van der Waals surface area contributed by atoms with Gasteiger partial charge in [0, 0.05) is 19.7 Å². The van der Waals surface area contributed by atoms with E-state index in [1.807, 2.05) is 48.5 Å². The summed E-state index contributed by atoms with van der Waals surface area (Å²) in [5.74, 6) is 0. The minimum atomic E-state index is 0.0509. The maximum absolute atomic E-state index is 13.1. The first-order chi connectivity index (χ1) is 10.7. The molecule has 0 bridgehead atoms. The van der Waals surface area contributed by atoms with Gasteiger partial charge in [-0.15, -0.1) is 0 Å². The average molecular weight is 414 g/mol. The largest absolute Gasteiger partial charge is 0.289 e. The number of benzene rings is 3. The molecular weight excluding hydrogens is 404 g/mol. The second-order valence-corrected chi connectivity index (χ2v) is 6.85. The number of halogens is 2. The van der Waals surface area contributed by atoms with E-state index >= 15 is 0 Å². The Morgan fingerprint density at radius 1 is 0.591 bits per heavy atom. The smallest absolute Gasteiger partial charge is 0.195 e. The van der Waals surface area contributed by atoms with Crippen molar-refractivity contribution in [2.24, 2.45) is 0 Å². The lowest BCUT2D eigenvalue weighted by molar-refractivity contribution is 1.66. The molecule has 0 radical (unpaired) electrons. The monoisotopic (exact) mass is 412 g/mol. The fourth-order valence-corrected chi connectivity index (χ4v) is 3.86. The molecule has 0 saturated carbocycles. The fourth-order valence-electron chi connectivity index (χ4n) is 3.00. The SMILES string of the molecule is O=c1c2ccccc2c2ccccc2c2ccc(Br)c(Br)c12. The first-order valence-corrected chi connectivity index (χ1v) is 8.48. The van der Waals surface area contributed by atoms with Crippen LogP contribution in [0.1, 0.15) is 0 Å². The summed E-state index contributed by atoms with van der Waals surface area (Å²) in [6.07, 6.45) is 0. The molecule has 3 heteroatoms. The Morgan fingerprint density at radius 3 is 1.73 bits per heavy atom. The molecule has 0 N–H and O–H groups in total. The van der Waals surface area contributed by atoms with Crippen molar-refractivity contribution in [3.63, 3.8) is 0 Å². The Balaban J connectivity index is 2.54. The van der Waals surface area contributed by atoms with E-state index in [1.165, 1.54) is 0 Å². The summed E-state index contributed by atoms with van der Waals surface area (Å²) in [6.45, 7) is 0. The number of hydrogen-bond acceptors (Lipinski definition) is 1. The van der Waals surface area contributed by atoms with Crippen LogP contribution in [-0.4, -0.2) is 0 Å². The first kappa shape index (κ1) is 13.9. The van der Waals surface area contributed by atoms with E-state index in [0.29, 0.717) is 5.39 Å². The summed E-state index contributed by atoms with van der Waals surface area (Å²) < 4.78 is 1.69. The van der Waals surface area contributed by atoms with E-state index in [1.54, 1.807) is 0 Å². The lowest BCUT2D eigenvalue weighted by Crippen LogP contribution is -1.99. The van der Waals surface area contributed by atoms with Gasteiger partial charge in [0.15, 0.2) is 5.43 Å². The van der Waals surface area contributed by atoms with E-state index in [-0.39, 0.29) is 5.43 Å². The highest BCUT2D eigenvalue weighted by atomic mass is 79.9. The van der Waals surface area contributed by atoms with Gasteiger partial charge in [-0.3, -0.25) is 4.79 Å². The predicted octanol–water partition coefficient (Wildman–Crippen LogP) is 6.03. The van der Waals surface area contributed by atoms with Crippen LogP contribution in [-0.2, 0) is 0 Å². The molecule has 4 aromatic carbocycles. The third kappa shape index (κ3) is 1.93. The Kier molecular flexibility index (Phi) is 3.28. The molecule has 106 valence electrons. The van der Waals surface area contributed by atoms with Crippen LogP contribution in [0.25, 0.3) is 32.3 Å². The summed E-state index contributed by atoms with van der Waals surface area (Å²) in [5, 5.41) is 5.59. The van der Waals surface area contributed by atoms with Gasteiger partial charge in [0.2, 0.25) is 0 Å². The topological polar surface area (TPSA) is 17.1 Å². The van der Waals surface area contributed by atoms with Gasteiger partial charge in [0.05, 0.1) is 0 Å². The third-order valence-electron chi connectivity index (χ3n) is 4.00. The second kappa shape index (κ2) is 5.18. The zero-order chi connectivity index (χ0) is 15.3. The molecular formula is C19H10Br2O. The van der Waals surface area contributed by atoms with Gasteiger partial charge in [-0.2, -0.15) is 0 Å². The van der Waals surface area contributed by atoms with E-state index in [4.69, 9.17) is 0 Å². The molecule has 4 rings (SSSR count). The minimum absolute atomic E-state index is 0.0509. The average Bonchev–Trinajstić information content (AvgIpc) is 2.66. The lowest BCUT2D eigenvalue weighted by atomic mass is 10.1. The molecule has 1 nitrogen and oxygen atoms in total. The standard InChI is InChI=1S/C19H10Br2O/c20-16-10-9-14-12-6-2-1-5-11(12)13-7-3-4-8-15(13)19(22)17(14)18(16)21/h1-10H. The van der Waals surface area contributed by atoms with E-state index in [0.717, 1.165) is 35.9 Å². The van der Waals surface area contributed by atoms with Crippen molar-refractivity contribution in [1.29, 1.82) is 0 Å². The Labute approximate surface area is 143 Å². The molecule has 0 atom stereocenters. The highest BCUT2D eigenvalue weighted by Gasteiger charge is 2.12. The molecule has 0 aliphatic heterocycles. The normalized spacial score (nSPS) is 11.4. The summed E-state index contributed by atoms with van der Waals surface area (Å²) in [7, 11) is 0. The molecule has 0 aromatic heterocycles. The van der Waals surface area contributed by atoms with Crippen LogP contribution in [0, 0.1) is 0 Å². The van der Waals surface area contributed by atoms with Gasteiger partial charge in [-0.1, -0.05) is 54.6 Å². The van der Waals surface area contributed by atoms with Crippen molar-refractivity contribution in [1.82, 2.24) is 0 Å².